The predicted octanol–water partition coefficient (Wildman–Crippen LogP) is 2.44. The lowest BCUT2D eigenvalue weighted by molar-refractivity contribution is -0.142. The number of halogens is 1. The number of fused-ring (bicyclic) bond motifs is 1. The Morgan fingerprint density at radius 2 is 2.00 bits per heavy atom. The lowest BCUT2D eigenvalue weighted by Crippen LogP contribution is -2.30. The van der Waals surface area contributed by atoms with Gasteiger partial charge in [0.1, 0.15) is 17.1 Å². The molecule has 4 nitrogen and oxygen atoms in total. The molecule has 0 amide bonds. The molecule has 94 valence electrons. The molecule has 0 unspecified atom stereocenters. The van der Waals surface area contributed by atoms with Crippen LogP contribution in [0.25, 0.3) is 10.9 Å². The minimum absolute atomic E-state index is 0.331. The van der Waals surface area contributed by atoms with Gasteiger partial charge in [0.15, 0.2) is 0 Å². The number of benzene rings is 1. The van der Waals surface area contributed by atoms with Crippen molar-refractivity contribution in [2.24, 2.45) is 0 Å². The minimum atomic E-state index is -1.19. The molecule has 0 saturated heterocycles. The number of nitrogens with zero attached hydrogens (tertiary/aromatic N) is 2. The topological polar surface area (TPSA) is 63.1 Å². The summed E-state index contributed by atoms with van der Waals surface area (Å²) in [7, 11) is 0. The van der Waals surface area contributed by atoms with Gasteiger partial charge in [0.05, 0.1) is 11.2 Å². The van der Waals surface area contributed by atoms with Crippen LogP contribution in [0.4, 0.5) is 4.39 Å². The van der Waals surface area contributed by atoms with E-state index in [1.54, 1.807) is 20.8 Å². The van der Waals surface area contributed by atoms with Gasteiger partial charge in [-0.05, 0) is 39.0 Å². The molecule has 0 radical (unpaired) electrons. The normalized spacial score (nSPS) is 11.8. The van der Waals surface area contributed by atoms with E-state index in [2.05, 4.69) is 9.97 Å². The van der Waals surface area contributed by atoms with Crippen molar-refractivity contribution in [1.29, 1.82) is 0 Å². The molecule has 0 aliphatic heterocycles. The molecule has 0 aliphatic carbocycles. The Morgan fingerprint density at radius 1 is 1.33 bits per heavy atom. The highest BCUT2D eigenvalue weighted by molar-refractivity contribution is 5.89. The first-order valence-corrected chi connectivity index (χ1v) is 5.50. The van der Waals surface area contributed by atoms with Crippen molar-refractivity contribution in [2.75, 3.05) is 0 Å². The predicted molar refractivity (Wildman–Crippen MR) is 64.9 cm³/mol. The van der Waals surface area contributed by atoms with Gasteiger partial charge in [-0.3, -0.25) is 4.79 Å². The number of aryl methyl sites for hydroxylation is 1. The molecule has 1 aromatic heterocycles. The largest absolute Gasteiger partial charge is 0.481 e. The van der Waals surface area contributed by atoms with E-state index in [0.717, 1.165) is 0 Å². The number of aromatic nitrogens is 2. The van der Waals surface area contributed by atoms with E-state index in [-0.39, 0.29) is 0 Å². The molecule has 1 aromatic carbocycles. The van der Waals surface area contributed by atoms with Gasteiger partial charge in [0, 0.05) is 5.39 Å². The highest BCUT2D eigenvalue weighted by Gasteiger charge is 2.33. The van der Waals surface area contributed by atoms with Gasteiger partial charge in [0.2, 0.25) is 0 Å². The Kier molecular flexibility index (Phi) is 2.77. The molecule has 0 spiro atoms. The standard InChI is InChI=1S/C13H13FN2O2/c1-7-15-10-5-4-8(14)6-9(10)11(16-7)13(2,3)12(17)18/h4-6H,1-3H3,(H,17,18). The molecular weight excluding hydrogens is 235 g/mol. The van der Waals surface area contributed by atoms with Gasteiger partial charge < -0.3 is 5.11 Å². The summed E-state index contributed by atoms with van der Waals surface area (Å²) >= 11 is 0. The molecule has 1 heterocycles. The van der Waals surface area contributed by atoms with Crippen LogP contribution in [-0.2, 0) is 10.2 Å². The highest BCUT2D eigenvalue weighted by atomic mass is 19.1. The number of hydrogen-bond donors (Lipinski definition) is 1. The molecule has 5 heteroatoms. The van der Waals surface area contributed by atoms with E-state index in [0.29, 0.717) is 22.4 Å². The van der Waals surface area contributed by atoms with Crippen molar-refractivity contribution < 1.29 is 14.3 Å². The van der Waals surface area contributed by atoms with Gasteiger partial charge in [-0.1, -0.05) is 0 Å². The number of rotatable bonds is 2. The smallest absolute Gasteiger partial charge is 0.315 e. The van der Waals surface area contributed by atoms with Crippen molar-refractivity contribution in [2.45, 2.75) is 26.2 Å². The van der Waals surface area contributed by atoms with Gasteiger partial charge >= 0.3 is 5.97 Å². The molecule has 0 saturated carbocycles. The van der Waals surface area contributed by atoms with Crippen LogP contribution in [0, 0.1) is 12.7 Å². The maximum absolute atomic E-state index is 13.3. The Labute approximate surface area is 103 Å². The summed E-state index contributed by atoms with van der Waals surface area (Å²) in [5, 5.41) is 9.70. The first kappa shape index (κ1) is 12.4. The SMILES string of the molecule is Cc1nc(C(C)(C)C(=O)O)c2cc(F)ccc2n1. The third-order valence-corrected chi connectivity index (χ3v) is 2.90. The Morgan fingerprint density at radius 3 is 2.61 bits per heavy atom. The summed E-state index contributed by atoms with van der Waals surface area (Å²) in [5.74, 6) is -0.970. The van der Waals surface area contributed by atoms with Crippen LogP contribution in [0.3, 0.4) is 0 Å². The van der Waals surface area contributed by atoms with Crippen molar-refractivity contribution in [3.05, 3.63) is 35.5 Å². The first-order valence-electron chi connectivity index (χ1n) is 5.50. The van der Waals surface area contributed by atoms with E-state index in [9.17, 15) is 14.3 Å². The summed E-state index contributed by atoms with van der Waals surface area (Å²) in [6, 6.07) is 4.10. The molecule has 0 fully saturated rings. The van der Waals surface area contributed by atoms with Crippen LogP contribution in [0.1, 0.15) is 25.4 Å². The van der Waals surface area contributed by atoms with Gasteiger partial charge in [-0.25, -0.2) is 14.4 Å². The summed E-state index contributed by atoms with van der Waals surface area (Å²) in [6.07, 6.45) is 0. The summed E-state index contributed by atoms with van der Waals surface area (Å²) in [6.45, 7) is 4.77. The van der Waals surface area contributed by atoms with Crippen LogP contribution >= 0.6 is 0 Å². The van der Waals surface area contributed by atoms with Crippen LogP contribution < -0.4 is 0 Å². The van der Waals surface area contributed by atoms with E-state index in [4.69, 9.17) is 0 Å². The number of carboxylic acid groups (broad SMARTS) is 1. The van der Waals surface area contributed by atoms with Crippen molar-refractivity contribution >= 4 is 16.9 Å². The Balaban J connectivity index is 2.84. The second-order valence-electron chi connectivity index (χ2n) is 4.71. The lowest BCUT2D eigenvalue weighted by atomic mass is 9.86. The van der Waals surface area contributed by atoms with E-state index in [1.807, 2.05) is 0 Å². The van der Waals surface area contributed by atoms with Crippen molar-refractivity contribution in [3.63, 3.8) is 0 Å². The monoisotopic (exact) mass is 248 g/mol. The van der Waals surface area contributed by atoms with Crippen LogP contribution in [0.15, 0.2) is 18.2 Å². The minimum Gasteiger partial charge on any atom is -0.481 e. The van der Waals surface area contributed by atoms with Crippen LogP contribution in [0.2, 0.25) is 0 Å². The van der Waals surface area contributed by atoms with Crippen LogP contribution in [0.5, 0.6) is 0 Å². The number of carbonyl (C=O) groups is 1. The first-order chi connectivity index (χ1) is 8.32. The molecule has 1 N–H and O–H groups in total. The highest BCUT2D eigenvalue weighted by Crippen LogP contribution is 2.28. The Bertz CT molecular complexity index is 638. The third-order valence-electron chi connectivity index (χ3n) is 2.90. The number of hydrogen-bond acceptors (Lipinski definition) is 3. The summed E-state index contributed by atoms with van der Waals surface area (Å²) in [5.41, 5.74) is -0.315. The van der Waals surface area contributed by atoms with E-state index in [1.165, 1.54) is 18.2 Å². The van der Waals surface area contributed by atoms with Crippen LogP contribution in [-0.4, -0.2) is 21.0 Å². The van der Waals surface area contributed by atoms with Gasteiger partial charge in [-0.15, -0.1) is 0 Å². The van der Waals surface area contributed by atoms with Crippen molar-refractivity contribution in [1.82, 2.24) is 9.97 Å². The fraction of sp³-hybridized carbons (Fsp3) is 0.308. The fourth-order valence-electron chi connectivity index (χ4n) is 1.79. The van der Waals surface area contributed by atoms with E-state index < -0.39 is 17.2 Å². The average molecular weight is 248 g/mol. The summed E-state index contributed by atoms with van der Waals surface area (Å²) in [4.78, 5) is 19.7. The Hall–Kier alpha value is -2.04. The molecule has 0 aliphatic rings. The zero-order chi connectivity index (χ0) is 13.5. The third kappa shape index (κ3) is 1.92. The maximum atomic E-state index is 13.3. The second kappa shape index (κ2) is 4.01. The molecule has 18 heavy (non-hydrogen) atoms. The van der Waals surface area contributed by atoms with Crippen molar-refractivity contribution in [3.8, 4) is 0 Å². The second-order valence-corrected chi connectivity index (χ2v) is 4.71. The molecular formula is C13H13FN2O2. The average Bonchev–Trinajstić information content (AvgIpc) is 2.28. The lowest BCUT2D eigenvalue weighted by Gasteiger charge is -2.20. The van der Waals surface area contributed by atoms with Gasteiger partial charge in [-0.2, -0.15) is 0 Å². The molecule has 2 rings (SSSR count). The fourth-order valence-corrected chi connectivity index (χ4v) is 1.79. The molecule has 2 aromatic rings. The zero-order valence-corrected chi connectivity index (χ0v) is 10.4. The quantitative estimate of drug-likeness (QED) is 0.886. The number of carboxylic acids is 1. The van der Waals surface area contributed by atoms with E-state index >= 15 is 0 Å². The molecule has 0 bridgehead atoms. The summed E-state index contributed by atoms with van der Waals surface area (Å²) < 4.78 is 13.3. The zero-order valence-electron chi connectivity index (χ0n) is 10.4. The number of aliphatic carboxylic acids is 1. The maximum Gasteiger partial charge on any atom is 0.315 e. The molecule has 0 atom stereocenters. The van der Waals surface area contributed by atoms with Gasteiger partial charge in [0.25, 0.3) is 0 Å².